The van der Waals surface area contributed by atoms with Gasteiger partial charge >= 0.3 is 0 Å². The number of amides is 1. The van der Waals surface area contributed by atoms with Gasteiger partial charge in [0.1, 0.15) is 18.2 Å². The Bertz CT molecular complexity index is 842. The quantitative estimate of drug-likeness (QED) is 0.711. The first-order chi connectivity index (χ1) is 12.1. The Labute approximate surface area is 146 Å². The lowest BCUT2D eigenvalue weighted by Crippen LogP contribution is -2.31. The summed E-state index contributed by atoms with van der Waals surface area (Å²) in [5, 5.41) is 1.16. The number of hydrogen-bond acceptors (Lipinski definition) is 2. The predicted molar refractivity (Wildman–Crippen MR) is 96.2 cm³/mol. The predicted octanol–water partition coefficient (Wildman–Crippen LogP) is 3.78. The molecule has 1 N–H and O–H groups in total. The van der Waals surface area contributed by atoms with E-state index in [1.807, 2.05) is 24.4 Å². The molecule has 0 aliphatic rings. The minimum Gasteiger partial charge on any atom is -0.492 e. The van der Waals surface area contributed by atoms with Crippen molar-refractivity contribution in [1.29, 1.82) is 0 Å². The van der Waals surface area contributed by atoms with Gasteiger partial charge in [-0.05, 0) is 42.3 Å². The van der Waals surface area contributed by atoms with Gasteiger partial charge in [-0.15, -0.1) is 0 Å². The third kappa shape index (κ3) is 4.38. The van der Waals surface area contributed by atoms with Crippen LogP contribution in [0.15, 0.2) is 54.7 Å². The average molecular weight is 340 g/mol. The van der Waals surface area contributed by atoms with Crippen molar-refractivity contribution in [3.05, 3.63) is 66.1 Å². The van der Waals surface area contributed by atoms with E-state index in [1.165, 1.54) is 12.1 Å². The standard InChI is InChI=1S/C20H21FN2O2/c1-23(12-13-25-17-9-7-16(21)8-10-17)20(24)11-6-15-14-22-19-5-3-2-4-18(15)19/h2-5,7-10,14,22H,6,11-13H2,1H3. The van der Waals surface area contributed by atoms with Crippen LogP contribution in [0.4, 0.5) is 4.39 Å². The van der Waals surface area contributed by atoms with Crippen LogP contribution in [-0.2, 0) is 11.2 Å². The lowest BCUT2D eigenvalue weighted by Gasteiger charge is -2.17. The number of halogens is 1. The Morgan fingerprint density at radius 2 is 1.92 bits per heavy atom. The largest absolute Gasteiger partial charge is 0.492 e. The highest BCUT2D eigenvalue weighted by molar-refractivity contribution is 5.84. The number of para-hydroxylation sites is 1. The first-order valence-corrected chi connectivity index (χ1v) is 8.31. The molecule has 1 amide bonds. The van der Waals surface area contributed by atoms with Crippen molar-refractivity contribution in [1.82, 2.24) is 9.88 Å². The van der Waals surface area contributed by atoms with E-state index < -0.39 is 0 Å². The molecule has 3 rings (SSSR count). The minimum atomic E-state index is -0.295. The second-order valence-electron chi connectivity index (χ2n) is 5.98. The molecule has 3 aromatic rings. The van der Waals surface area contributed by atoms with Crippen LogP contribution in [0.3, 0.4) is 0 Å². The van der Waals surface area contributed by atoms with Crippen LogP contribution in [0.25, 0.3) is 10.9 Å². The number of ether oxygens (including phenoxy) is 1. The molecule has 0 bridgehead atoms. The second-order valence-corrected chi connectivity index (χ2v) is 5.98. The maximum Gasteiger partial charge on any atom is 0.222 e. The van der Waals surface area contributed by atoms with Gasteiger partial charge in [0, 0.05) is 30.6 Å². The van der Waals surface area contributed by atoms with E-state index in [1.54, 1.807) is 24.1 Å². The molecule has 130 valence electrons. The van der Waals surface area contributed by atoms with Crippen molar-refractivity contribution >= 4 is 16.8 Å². The maximum absolute atomic E-state index is 12.8. The molecule has 0 fully saturated rings. The zero-order valence-electron chi connectivity index (χ0n) is 14.2. The summed E-state index contributed by atoms with van der Waals surface area (Å²) in [4.78, 5) is 17.2. The molecule has 0 aliphatic carbocycles. The van der Waals surface area contributed by atoms with Crippen molar-refractivity contribution in [2.45, 2.75) is 12.8 Å². The summed E-state index contributed by atoms with van der Waals surface area (Å²) in [6, 6.07) is 13.9. The van der Waals surface area contributed by atoms with E-state index in [9.17, 15) is 9.18 Å². The molecule has 1 heterocycles. The molecule has 0 unspecified atom stereocenters. The topological polar surface area (TPSA) is 45.3 Å². The maximum atomic E-state index is 12.8. The molecular weight excluding hydrogens is 319 g/mol. The molecule has 0 atom stereocenters. The van der Waals surface area contributed by atoms with Crippen molar-refractivity contribution in [3.8, 4) is 5.75 Å². The summed E-state index contributed by atoms with van der Waals surface area (Å²) < 4.78 is 18.4. The van der Waals surface area contributed by atoms with E-state index in [2.05, 4.69) is 11.1 Å². The number of hydrogen-bond donors (Lipinski definition) is 1. The number of H-pyrrole nitrogens is 1. The molecule has 2 aromatic carbocycles. The molecule has 0 spiro atoms. The number of aromatic amines is 1. The van der Waals surface area contributed by atoms with Gasteiger partial charge in [-0.3, -0.25) is 4.79 Å². The highest BCUT2D eigenvalue weighted by atomic mass is 19.1. The Balaban J connectivity index is 1.45. The molecular formula is C20H21FN2O2. The van der Waals surface area contributed by atoms with Crippen LogP contribution in [-0.4, -0.2) is 36.0 Å². The van der Waals surface area contributed by atoms with Crippen LogP contribution in [0.2, 0.25) is 0 Å². The first kappa shape index (κ1) is 17.0. The van der Waals surface area contributed by atoms with Crippen molar-refractivity contribution in [2.24, 2.45) is 0 Å². The lowest BCUT2D eigenvalue weighted by atomic mass is 10.1. The second kappa shape index (κ2) is 7.83. The SMILES string of the molecule is CN(CCOc1ccc(F)cc1)C(=O)CCc1c[nH]c2ccccc12. The van der Waals surface area contributed by atoms with Crippen molar-refractivity contribution < 1.29 is 13.9 Å². The number of benzene rings is 2. The van der Waals surface area contributed by atoms with Gasteiger partial charge in [-0.25, -0.2) is 4.39 Å². The summed E-state index contributed by atoms with van der Waals surface area (Å²) in [6.07, 6.45) is 3.12. The lowest BCUT2D eigenvalue weighted by molar-refractivity contribution is -0.130. The number of carbonyl (C=O) groups is 1. The monoisotopic (exact) mass is 340 g/mol. The summed E-state index contributed by atoms with van der Waals surface area (Å²) in [6.45, 7) is 0.866. The van der Waals surface area contributed by atoms with E-state index in [-0.39, 0.29) is 11.7 Å². The van der Waals surface area contributed by atoms with E-state index in [0.29, 0.717) is 31.7 Å². The van der Waals surface area contributed by atoms with E-state index >= 15 is 0 Å². The number of fused-ring (bicyclic) bond motifs is 1. The molecule has 4 nitrogen and oxygen atoms in total. The van der Waals surface area contributed by atoms with Gasteiger partial charge in [0.2, 0.25) is 5.91 Å². The van der Waals surface area contributed by atoms with Crippen LogP contribution in [0, 0.1) is 5.82 Å². The number of aromatic nitrogens is 1. The molecule has 25 heavy (non-hydrogen) atoms. The molecule has 0 saturated heterocycles. The van der Waals surface area contributed by atoms with E-state index in [4.69, 9.17) is 4.74 Å². The van der Waals surface area contributed by atoms with Crippen LogP contribution < -0.4 is 4.74 Å². The van der Waals surface area contributed by atoms with Crippen LogP contribution >= 0.6 is 0 Å². The smallest absolute Gasteiger partial charge is 0.222 e. The number of nitrogens with one attached hydrogen (secondary N) is 1. The molecule has 1 aromatic heterocycles. The van der Waals surface area contributed by atoms with Crippen LogP contribution in [0.5, 0.6) is 5.75 Å². The highest BCUT2D eigenvalue weighted by Crippen LogP contribution is 2.19. The number of rotatable bonds is 7. The zero-order chi connectivity index (χ0) is 17.6. The molecule has 5 heteroatoms. The average Bonchev–Trinajstić information content (AvgIpc) is 3.04. The first-order valence-electron chi connectivity index (χ1n) is 8.31. The highest BCUT2D eigenvalue weighted by Gasteiger charge is 2.11. The van der Waals surface area contributed by atoms with E-state index in [0.717, 1.165) is 16.5 Å². The van der Waals surface area contributed by atoms with Gasteiger partial charge in [-0.1, -0.05) is 18.2 Å². The van der Waals surface area contributed by atoms with Gasteiger partial charge in [0.25, 0.3) is 0 Å². The summed E-state index contributed by atoms with van der Waals surface area (Å²) >= 11 is 0. The summed E-state index contributed by atoms with van der Waals surface area (Å²) in [5.74, 6) is 0.381. The molecule has 0 saturated carbocycles. The Morgan fingerprint density at radius 1 is 1.16 bits per heavy atom. The number of carbonyl (C=O) groups excluding carboxylic acids is 1. The minimum absolute atomic E-state index is 0.0768. The fourth-order valence-electron chi connectivity index (χ4n) is 2.73. The van der Waals surface area contributed by atoms with Gasteiger partial charge in [-0.2, -0.15) is 0 Å². The normalized spacial score (nSPS) is 10.8. The number of aryl methyl sites for hydroxylation is 1. The summed E-state index contributed by atoms with van der Waals surface area (Å²) in [7, 11) is 1.77. The van der Waals surface area contributed by atoms with Gasteiger partial charge in [0.05, 0.1) is 6.54 Å². The Kier molecular flexibility index (Phi) is 5.33. The zero-order valence-corrected chi connectivity index (χ0v) is 14.2. The Morgan fingerprint density at radius 3 is 2.72 bits per heavy atom. The molecule has 0 radical (unpaired) electrons. The Hall–Kier alpha value is -2.82. The van der Waals surface area contributed by atoms with Gasteiger partial charge in [0.15, 0.2) is 0 Å². The van der Waals surface area contributed by atoms with Gasteiger partial charge < -0.3 is 14.6 Å². The summed E-state index contributed by atoms with van der Waals surface area (Å²) in [5.41, 5.74) is 2.24. The van der Waals surface area contributed by atoms with Crippen molar-refractivity contribution in [2.75, 3.05) is 20.2 Å². The van der Waals surface area contributed by atoms with Crippen molar-refractivity contribution in [3.63, 3.8) is 0 Å². The molecule has 0 aliphatic heterocycles. The number of likely N-dealkylation sites (N-methyl/N-ethyl adjacent to an activating group) is 1. The third-order valence-electron chi connectivity index (χ3n) is 4.22. The van der Waals surface area contributed by atoms with Crippen LogP contribution in [0.1, 0.15) is 12.0 Å². The fourth-order valence-corrected chi connectivity index (χ4v) is 2.73. The third-order valence-corrected chi connectivity index (χ3v) is 4.22. The number of nitrogens with zero attached hydrogens (tertiary/aromatic N) is 1. The fraction of sp³-hybridized carbons (Fsp3) is 0.250.